The van der Waals surface area contributed by atoms with E-state index in [1.54, 1.807) is 0 Å². The zero-order valence-electron chi connectivity index (χ0n) is 11.2. The molecule has 0 aliphatic heterocycles. The van der Waals surface area contributed by atoms with Crippen molar-refractivity contribution in [2.24, 2.45) is 0 Å². The van der Waals surface area contributed by atoms with E-state index < -0.39 is 0 Å². The van der Waals surface area contributed by atoms with E-state index >= 15 is 0 Å². The Balaban J connectivity index is 3.06. The van der Waals surface area contributed by atoms with Gasteiger partial charge in [0, 0.05) is 12.1 Å². The van der Waals surface area contributed by atoms with Crippen molar-refractivity contribution < 1.29 is 4.74 Å². The minimum atomic E-state index is 0.265. The van der Waals surface area contributed by atoms with Crippen LogP contribution in [-0.2, 0) is 4.74 Å². The van der Waals surface area contributed by atoms with Gasteiger partial charge in [-0.3, -0.25) is 0 Å². The van der Waals surface area contributed by atoms with Crippen LogP contribution in [0.1, 0.15) is 60.3 Å². The van der Waals surface area contributed by atoms with Crippen LogP contribution >= 0.6 is 0 Å². The van der Waals surface area contributed by atoms with Crippen molar-refractivity contribution in [1.29, 1.82) is 0 Å². The number of ether oxygens (including phenoxy) is 1. The molecule has 0 fully saturated rings. The van der Waals surface area contributed by atoms with Crippen molar-refractivity contribution in [1.82, 2.24) is 5.32 Å². The highest BCUT2D eigenvalue weighted by atomic mass is 16.5. The van der Waals surface area contributed by atoms with Crippen LogP contribution in [0.4, 0.5) is 0 Å². The lowest BCUT2D eigenvalue weighted by atomic mass is 10.1. The Kier molecular flexibility index (Phi) is 8.07. The van der Waals surface area contributed by atoms with E-state index in [-0.39, 0.29) is 5.54 Å². The van der Waals surface area contributed by atoms with E-state index in [1.807, 2.05) is 0 Å². The molecule has 0 aromatic rings. The van der Waals surface area contributed by atoms with Crippen molar-refractivity contribution in [3.8, 4) is 0 Å². The van der Waals surface area contributed by atoms with Gasteiger partial charge in [-0.15, -0.1) is 0 Å². The van der Waals surface area contributed by atoms with Crippen LogP contribution in [0.3, 0.4) is 0 Å². The Hall–Kier alpha value is -0.0800. The normalized spacial score (nSPS) is 12.4. The predicted molar refractivity (Wildman–Crippen MR) is 67.3 cm³/mol. The Bertz CT molecular complexity index is 138. The fraction of sp³-hybridized carbons (Fsp3) is 1.00. The van der Waals surface area contributed by atoms with Gasteiger partial charge in [-0.25, -0.2) is 0 Å². The van der Waals surface area contributed by atoms with Gasteiger partial charge in [0.1, 0.15) is 0 Å². The van der Waals surface area contributed by atoms with Crippen LogP contribution in [0, 0.1) is 0 Å². The van der Waals surface area contributed by atoms with Gasteiger partial charge in [0.15, 0.2) is 0 Å². The average Bonchev–Trinajstić information content (AvgIpc) is 2.07. The summed E-state index contributed by atoms with van der Waals surface area (Å²) in [7, 11) is 0. The largest absolute Gasteiger partial charge is 0.379 e. The molecular weight excluding hydrogens is 186 g/mol. The summed E-state index contributed by atoms with van der Waals surface area (Å²) >= 11 is 0. The summed E-state index contributed by atoms with van der Waals surface area (Å²) in [6, 6.07) is 0. The zero-order valence-corrected chi connectivity index (χ0v) is 11.2. The lowest BCUT2D eigenvalue weighted by Crippen LogP contribution is -2.36. The molecule has 0 aliphatic carbocycles. The van der Waals surface area contributed by atoms with E-state index in [0.29, 0.717) is 6.10 Å². The fourth-order valence-electron chi connectivity index (χ4n) is 1.36. The van der Waals surface area contributed by atoms with Crippen LogP contribution in [0.15, 0.2) is 0 Å². The van der Waals surface area contributed by atoms with E-state index in [0.717, 1.165) is 13.2 Å². The monoisotopic (exact) mass is 215 g/mol. The van der Waals surface area contributed by atoms with E-state index in [9.17, 15) is 0 Å². The minimum Gasteiger partial charge on any atom is -0.379 e. The molecule has 0 radical (unpaired) electrons. The second kappa shape index (κ2) is 8.12. The smallest absolute Gasteiger partial charge is 0.0518 e. The molecule has 1 N–H and O–H groups in total. The Labute approximate surface area is 95.8 Å². The maximum Gasteiger partial charge on any atom is 0.0518 e. The van der Waals surface area contributed by atoms with Crippen LogP contribution in [0.2, 0.25) is 0 Å². The second-order valence-corrected chi connectivity index (χ2v) is 5.51. The molecule has 0 aromatic carbocycles. The van der Waals surface area contributed by atoms with Gasteiger partial charge in [-0.05, 0) is 54.0 Å². The van der Waals surface area contributed by atoms with Crippen molar-refractivity contribution >= 4 is 0 Å². The highest BCUT2D eigenvalue weighted by Crippen LogP contribution is 2.03. The molecule has 2 heteroatoms. The third-order valence-electron chi connectivity index (χ3n) is 2.18. The predicted octanol–water partition coefficient (Wildman–Crippen LogP) is 3.36. The molecule has 0 unspecified atom stereocenters. The Morgan fingerprint density at radius 3 is 2.13 bits per heavy atom. The van der Waals surface area contributed by atoms with Gasteiger partial charge in [-0.2, -0.15) is 0 Å². The molecule has 0 saturated carbocycles. The maximum atomic E-state index is 5.49. The van der Waals surface area contributed by atoms with Gasteiger partial charge in [0.2, 0.25) is 0 Å². The first-order valence-corrected chi connectivity index (χ1v) is 6.28. The first-order chi connectivity index (χ1) is 6.92. The maximum absolute atomic E-state index is 5.49. The SMILES string of the molecule is CC(C)OCCCCCCNC(C)(C)C. The minimum absolute atomic E-state index is 0.265. The molecule has 2 nitrogen and oxygen atoms in total. The fourth-order valence-corrected chi connectivity index (χ4v) is 1.36. The van der Waals surface area contributed by atoms with Crippen molar-refractivity contribution in [2.75, 3.05) is 13.2 Å². The molecule has 0 aromatic heterocycles. The number of hydrogen-bond acceptors (Lipinski definition) is 2. The third-order valence-corrected chi connectivity index (χ3v) is 2.18. The van der Waals surface area contributed by atoms with Crippen molar-refractivity contribution in [3.63, 3.8) is 0 Å². The van der Waals surface area contributed by atoms with E-state index in [1.165, 1.54) is 25.7 Å². The highest BCUT2D eigenvalue weighted by Gasteiger charge is 2.06. The molecule has 0 saturated heterocycles. The van der Waals surface area contributed by atoms with E-state index in [2.05, 4.69) is 39.9 Å². The summed E-state index contributed by atoms with van der Waals surface area (Å²) in [6.07, 6.45) is 5.46. The van der Waals surface area contributed by atoms with E-state index in [4.69, 9.17) is 4.74 Å². The van der Waals surface area contributed by atoms with Gasteiger partial charge in [0.05, 0.1) is 6.10 Å². The van der Waals surface area contributed by atoms with Crippen molar-refractivity contribution in [3.05, 3.63) is 0 Å². The average molecular weight is 215 g/mol. The van der Waals surface area contributed by atoms with Gasteiger partial charge in [0.25, 0.3) is 0 Å². The second-order valence-electron chi connectivity index (χ2n) is 5.51. The zero-order chi connectivity index (χ0) is 11.7. The van der Waals surface area contributed by atoms with Crippen LogP contribution in [0.5, 0.6) is 0 Å². The highest BCUT2D eigenvalue weighted by molar-refractivity contribution is 4.69. The quantitative estimate of drug-likeness (QED) is 0.627. The summed E-state index contributed by atoms with van der Waals surface area (Å²) in [5.41, 5.74) is 0.265. The summed E-state index contributed by atoms with van der Waals surface area (Å²) in [5.74, 6) is 0. The molecule has 0 rings (SSSR count). The Morgan fingerprint density at radius 2 is 1.60 bits per heavy atom. The summed E-state index contributed by atoms with van der Waals surface area (Å²) < 4.78 is 5.49. The van der Waals surface area contributed by atoms with Gasteiger partial charge < -0.3 is 10.1 Å². The molecule has 0 atom stereocenters. The number of nitrogens with one attached hydrogen (secondary N) is 1. The summed E-state index contributed by atoms with van der Waals surface area (Å²) in [6.45, 7) is 12.9. The first kappa shape index (κ1) is 14.9. The van der Waals surface area contributed by atoms with Gasteiger partial charge in [-0.1, -0.05) is 12.8 Å². The molecule has 0 amide bonds. The topological polar surface area (TPSA) is 21.3 Å². The molecule has 0 spiro atoms. The molecule has 15 heavy (non-hydrogen) atoms. The van der Waals surface area contributed by atoms with Gasteiger partial charge >= 0.3 is 0 Å². The number of hydrogen-bond donors (Lipinski definition) is 1. The Morgan fingerprint density at radius 1 is 1.00 bits per heavy atom. The molecule has 0 heterocycles. The summed E-state index contributed by atoms with van der Waals surface area (Å²) in [5, 5.41) is 3.50. The lowest BCUT2D eigenvalue weighted by molar-refractivity contribution is 0.0757. The van der Waals surface area contributed by atoms with Crippen LogP contribution in [0.25, 0.3) is 0 Å². The lowest BCUT2D eigenvalue weighted by Gasteiger charge is -2.20. The van der Waals surface area contributed by atoms with Crippen molar-refractivity contribution in [2.45, 2.75) is 71.9 Å². The standard InChI is InChI=1S/C13H29NO/c1-12(2)15-11-9-7-6-8-10-14-13(3,4)5/h12,14H,6-11H2,1-5H3. The molecule has 92 valence electrons. The number of rotatable bonds is 8. The molecular formula is C13H29NO. The van der Waals surface area contributed by atoms with Crippen LogP contribution < -0.4 is 5.32 Å². The third kappa shape index (κ3) is 13.9. The molecule has 0 aliphatic rings. The molecule has 0 bridgehead atoms. The summed E-state index contributed by atoms with van der Waals surface area (Å²) in [4.78, 5) is 0. The first-order valence-electron chi connectivity index (χ1n) is 6.28. The number of unbranched alkanes of at least 4 members (excludes halogenated alkanes) is 3. The van der Waals surface area contributed by atoms with Crippen LogP contribution in [-0.4, -0.2) is 24.8 Å².